The topological polar surface area (TPSA) is 65.8 Å². The summed E-state index contributed by atoms with van der Waals surface area (Å²) in [4.78, 5) is 29.1. The first kappa shape index (κ1) is 19.2. The fraction of sp³-hybridized carbons (Fsp3) is 0.304. The highest BCUT2D eigenvalue weighted by Crippen LogP contribution is 2.20. The number of hydrogen-bond acceptors (Lipinski definition) is 4. The van der Waals surface area contributed by atoms with Crippen molar-refractivity contribution in [2.24, 2.45) is 0 Å². The molecule has 6 heteroatoms. The molecule has 2 heterocycles. The van der Waals surface area contributed by atoms with Gasteiger partial charge in [0.05, 0.1) is 0 Å². The predicted molar refractivity (Wildman–Crippen MR) is 112 cm³/mol. The maximum atomic E-state index is 12.6. The fourth-order valence-electron chi connectivity index (χ4n) is 3.50. The molecular weight excluding hydrogens is 366 g/mol. The molecule has 0 saturated carbocycles. The van der Waals surface area contributed by atoms with E-state index in [0.29, 0.717) is 23.5 Å². The summed E-state index contributed by atoms with van der Waals surface area (Å²) in [5, 5.41) is 3.79. The number of likely N-dealkylation sites (N-methyl/N-ethyl adjacent to an activating group) is 1. The van der Waals surface area contributed by atoms with Gasteiger partial charge in [0.25, 0.3) is 11.8 Å². The van der Waals surface area contributed by atoms with Gasteiger partial charge < -0.3 is 19.5 Å². The minimum Gasteiger partial charge on any atom is -0.451 e. The van der Waals surface area contributed by atoms with Crippen LogP contribution in [0.3, 0.4) is 0 Å². The highest BCUT2D eigenvalue weighted by molar-refractivity contribution is 5.96. The molecule has 29 heavy (non-hydrogen) atoms. The molecule has 3 aromatic rings. The second kappa shape index (κ2) is 8.09. The first-order valence-corrected chi connectivity index (χ1v) is 9.85. The first-order valence-electron chi connectivity index (χ1n) is 9.85. The van der Waals surface area contributed by atoms with Crippen LogP contribution in [0.5, 0.6) is 0 Å². The van der Waals surface area contributed by atoms with Crippen molar-refractivity contribution < 1.29 is 14.0 Å². The molecule has 0 spiro atoms. The Balaban J connectivity index is 1.36. The maximum absolute atomic E-state index is 12.6. The van der Waals surface area contributed by atoms with Crippen LogP contribution < -0.4 is 5.32 Å². The van der Waals surface area contributed by atoms with Gasteiger partial charge in [-0.2, -0.15) is 0 Å². The Bertz CT molecular complexity index is 1030. The molecule has 4 rings (SSSR count). The summed E-state index contributed by atoms with van der Waals surface area (Å²) >= 11 is 0. The van der Waals surface area contributed by atoms with Crippen molar-refractivity contribution >= 4 is 22.8 Å². The van der Waals surface area contributed by atoms with Crippen molar-refractivity contribution in [1.29, 1.82) is 0 Å². The van der Waals surface area contributed by atoms with Crippen LogP contribution in [0.4, 0.5) is 0 Å². The number of piperazine rings is 1. The molecule has 1 aliphatic heterocycles. The Morgan fingerprint density at radius 1 is 1.00 bits per heavy atom. The van der Waals surface area contributed by atoms with Crippen LogP contribution >= 0.6 is 0 Å². The van der Waals surface area contributed by atoms with E-state index in [0.717, 1.165) is 42.7 Å². The number of nitrogens with zero attached hydrogens (tertiary/aromatic N) is 2. The summed E-state index contributed by atoms with van der Waals surface area (Å²) < 4.78 is 5.63. The minimum atomic E-state index is -0.253. The Kier molecular flexibility index (Phi) is 5.36. The molecule has 1 aromatic heterocycles. The number of carbonyl (C=O) groups is 2. The maximum Gasteiger partial charge on any atom is 0.287 e. The lowest BCUT2D eigenvalue weighted by atomic mass is 10.1. The number of rotatable bonds is 4. The van der Waals surface area contributed by atoms with Crippen molar-refractivity contribution in [3.05, 3.63) is 71.0 Å². The standard InChI is InChI=1S/C23H25N3O3/c1-16-3-8-20-19(13-16)14-21(29-20)22(27)24-15-17-4-6-18(7-5-17)23(28)26-11-9-25(2)10-12-26/h3-8,13-14H,9-12,15H2,1-2H3,(H,24,27). The quantitative estimate of drug-likeness (QED) is 0.742. The molecule has 0 aliphatic carbocycles. The number of fused-ring (bicyclic) bond motifs is 1. The molecule has 2 aromatic carbocycles. The largest absolute Gasteiger partial charge is 0.451 e. The van der Waals surface area contributed by atoms with Gasteiger partial charge in [0.15, 0.2) is 5.76 Å². The number of carbonyl (C=O) groups excluding carboxylic acids is 2. The second-order valence-corrected chi connectivity index (χ2v) is 7.63. The van der Waals surface area contributed by atoms with Gasteiger partial charge >= 0.3 is 0 Å². The van der Waals surface area contributed by atoms with Crippen LogP contribution in [0.1, 0.15) is 32.0 Å². The lowest BCUT2D eigenvalue weighted by Gasteiger charge is -2.32. The minimum absolute atomic E-state index is 0.0613. The van der Waals surface area contributed by atoms with E-state index in [-0.39, 0.29) is 11.8 Å². The molecule has 1 fully saturated rings. The third kappa shape index (κ3) is 4.32. The third-order valence-electron chi connectivity index (χ3n) is 5.34. The molecule has 150 valence electrons. The van der Waals surface area contributed by atoms with E-state index < -0.39 is 0 Å². The lowest BCUT2D eigenvalue weighted by Crippen LogP contribution is -2.47. The van der Waals surface area contributed by atoms with Gasteiger partial charge in [-0.1, -0.05) is 23.8 Å². The van der Waals surface area contributed by atoms with Crippen molar-refractivity contribution in [1.82, 2.24) is 15.1 Å². The zero-order valence-electron chi connectivity index (χ0n) is 16.8. The van der Waals surface area contributed by atoms with Crippen LogP contribution in [0.2, 0.25) is 0 Å². The van der Waals surface area contributed by atoms with E-state index in [2.05, 4.69) is 17.3 Å². The van der Waals surface area contributed by atoms with Crippen molar-refractivity contribution in [2.75, 3.05) is 33.2 Å². The van der Waals surface area contributed by atoms with Crippen LogP contribution in [0, 0.1) is 6.92 Å². The molecule has 2 amide bonds. The summed E-state index contributed by atoms with van der Waals surface area (Å²) in [5.41, 5.74) is 3.43. The second-order valence-electron chi connectivity index (χ2n) is 7.63. The zero-order valence-corrected chi connectivity index (χ0v) is 16.8. The third-order valence-corrected chi connectivity index (χ3v) is 5.34. The molecule has 0 radical (unpaired) electrons. The Morgan fingerprint density at radius 2 is 1.72 bits per heavy atom. The van der Waals surface area contributed by atoms with Crippen LogP contribution in [0.25, 0.3) is 11.0 Å². The van der Waals surface area contributed by atoms with Gasteiger partial charge in [0.1, 0.15) is 5.58 Å². The number of amides is 2. The zero-order chi connectivity index (χ0) is 20.4. The SMILES string of the molecule is Cc1ccc2oc(C(=O)NCc3ccc(C(=O)N4CCN(C)CC4)cc3)cc2c1. The Hall–Kier alpha value is -3.12. The molecule has 1 aliphatic rings. The van der Waals surface area contributed by atoms with Crippen molar-refractivity contribution in [3.63, 3.8) is 0 Å². The monoisotopic (exact) mass is 391 g/mol. The number of nitrogens with one attached hydrogen (secondary N) is 1. The summed E-state index contributed by atoms with van der Waals surface area (Å²) in [6, 6.07) is 15.0. The Labute approximate surface area is 170 Å². The molecule has 1 N–H and O–H groups in total. The average Bonchev–Trinajstić information content (AvgIpc) is 3.16. The summed E-state index contributed by atoms with van der Waals surface area (Å²) in [6.45, 7) is 5.69. The molecule has 0 atom stereocenters. The van der Waals surface area contributed by atoms with E-state index >= 15 is 0 Å². The molecule has 6 nitrogen and oxygen atoms in total. The number of hydrogen-bond donors (Lipinski definition) is 1. The van der Waals surface area contributed by atoms with Crippen molar-refractivity contribution in [3.8, 4) is 0 Å². The first-order chi connectivity index (χ1) is 14.0. The number of aryl methyl sites for hydroxylation is 1. The Morgan fingerprint density at radius 3 is 2.45 bits per heavy atom. The summed E-state index contributed by atoms with van der Waals surface area (Å²) in [5.74, 6) is 0.107. The average molecular weight is 391 g/mol. The van der Waals surface area contributed by atoms with Crippen molar-refractivity contribution in [2.45, 2.75) is 13.5 Å². The molecule has 0 unspecified atom stereocenters. The van der Waals surface area contributed by atoms with Gasteiger partial charge in [0.2, 0.25) is 0 Å². The lowest BCUT2D eigenvalue weighted by molar-refractivity contribution is 0.0664. The van der Waals surface area contributed by atoms with Gasteiger partial charge in [-0.05, 0) is 49.9 Å². The number of benzene rings is 2. The van der Waals surface area contributed by atoms with Gasteiger partial charge in [0, 0.05) is 43.7 Å². The van der Waals surface area contributed by atoms with E-state index in [4.69, 9.17) is 4.42 Å². The van der Waals surface area contributed by atoms with Crippen LogP contribution in [-0.2, 0) is 6.54 Å². The van der Waals surface area contributed by atoms with Gasteiger partial charge in [-0.15, -0.1) is 0 Å². The molecule has 1 saturated heterocycles. The smallest absolute Gasteiger partial charge is 0.287 e. The molecule has 0 bridgehead atoms. The van der Waals surface area contributed by atoms with E-state index in [1.807, 2.05) is 54.3 Å². The summed E-state index contributed by atoms with van der Waals surface area (Å²) in [7, 11) is 2.07. The van der Waals surface area contributed by atoms with Crippen LogP contribution in [0.15, 0.2) is 52.9 Å². The number of furan rings is 1. The van der Waals surface area contributed by atoms with Crippen LogP contribution in [-0.4, -0.2) is 54.8 Å². The summed E-state index contributed by atoms with van der Waals surface area (Å²) in [6.07, 6.45) is 0. The highest BCUT2D eigenvalue weighted by atomic mass is 16.3. The van der Waals surface area contributed by atoms with Gasteiger partial charge in [-0.25, -0.2) is 0 Å². The van der Waals surface area contributed by atoms with E-state index in [9.17, 15) is 9.59 Å². The predicted octanol–water partition coefficient (Wildman–Crippen LogP) is 3.06. The van der Waals surface area contributed by atoms with E-state index in [1.54, 1.807) is 6.07 Å². The normalized spacial score (nSPS) is 14.9. The van der Waals surface area contributed by atoms with E-state index in [1.165, 1.54) is 0 Å². The van der Waals surface area contributed by atoms with Gasteiger partial charge in [-0.3, -0.25) is 9.59 Å². The molecular formula is C23H25N3O3. The highest BCUT2D eigenvalue weighted by Gasteiger charge is 2.20. The fourth-order valence-corrected chi connectivity index (χ4v) is 3.50.